The van der Waals surface area contributed by atoms with Gasteiger partial charge in [0.2, 0.25) is 5.95 Å². The summed E-state index contributed by atoms with van der Waals surface area (Å²) in [5, 5.41) is 0. The minimum Gasteiger partial charge on any atom is -0.493 e. The second-order valence-electron chi connectivity index (χ2n) is 6.10. The second-order valence-corrected chi connectivity index (χ2v) is 6.10. The van der Waals surface area contributed by atoms with Gasteiger partial charge in [0.05, 0.1) is 26.1 Å². The minimum absolute atomic E-state index is 0.207. The van der Waals surface area contributed by atoms with Crippen LogP contribution in [0, 0.1) is 0 Å². The van der Waals surface area contributed by atoms with Crippen LogP contribution in [0.5, 0.6) is 11.5 Å². The molecule has 0 atom stereocenters. The van der Waals surface area contributed by atoms with Crippen LogP contribution in [-0.2, 0) is 0 Å². The van der Waals surface area contributed by atoms with E-state index >= 15 is 0 Å². The number of hydrogen-bond donors (Lipinski definition) is 1. The van der Waals surface area contributed by atoms with Gasteiger partial charge in [-0.2, -0.15) is 9.97 Å². The number of benzene rings is 1. The lowest BCUT2D eigenvalue weighted by Crippen LogP contribution is -2.20. The smallest absolute Gasteiger partial charge is 0.224 e. The molecule has 1 saturated heterocycles. The molecule has 0 bridgehead atoms. The Labute approximate surface area is 151 Å². The topological polar surface area (TPSA) is 99.3 Å². The van der Waals surface area contributed by atoms with E-state index in [0.717, 1.165) is 37.3 Å². The Morgan fingerprint density at radius 1 is 1.00 bits per heavy atom. The molecule has 1 aliphatic heterocycles. The first-order valence-corrected chi connectivity index (χ1v) is 8.47. The Morgan fingerprint density at radius 2 is 1.77 bits per heavy atom. The number of nitrogen functional groups attached to an aromatic ring is 1. The van der Waals surface area contributed by atoms with Gasteiger partial charge < -0.3 is 20.1 Å². The Bertz CT molecular complexity index is 956. The van der Waals surface area contributed by atoms with Gasteiger partial charge in [0, 0.05) is 18.7 Å². The van der Waals surface area contributed by atoms with Gasteiger partial charge in [-0.15, -0.1) is 0 Å². The van der Waals surface area contributed by atoms with Crippen molar-refractivity contribution >= 4 is 22.9 Å². The van der Waals surface area contributed by atoms with Crippen LogP contribution in [0.2, 0.25) is 0 Å². The fourth-order valence-corrected chi connectivity index (χ4v) is 3.19. The van der Waals surface area contributed by atoms with Crippen molar-refractivity contribution in [1.29, 1.82) is 0 Å². The van der Waals surface area contributed by atoms with Gasteiger partial charge in [0.25, 0.3) is 0 Å². The predicted octanol–water partition coefficient (Wildman–Crippen LogP) is 2.29. The number of rotatable bonds is 4. The molecular formula is C18H20N6O2. The second kappa shape index (κ2) is 6.62. The van der Waals surface area contributed by atoms with E-state index < -0.39 is 0 Å². The summed E-state index contributed by atoms with van der Waals surface area (Å²) in [7, 11) is 3.21. The summed E-state index contributed by atoms with van der Waals surface area (Å²) in [6, 6.07) is 5.60. The monoisotopic (exact) mass is 352 g/mol. The quantitative estimate of drug-likeness (QED) is 0.763. The van der Waals surface area contributed by atoms with Crippen molar-refractivity contribution in [2.75, 3.05) is 37.9 Å². The van der Waals surface area contributed by atoms with Crippen molar-refractivity contribution in [3.63, 3.8) is 0 Å². The van der Waals surface area contributed by atoms with Crippen molar-refractivity contribution in [3.05, 3.63) is 24.4 Å². The van der Waals surface area contributed by atoms with Crippen molar-refractivity contribution < 1.29 is 9.47 Å². The van der Waals surface area contributed by atoms with Gasteiger partial charge >= 0.3 is 0 Å². The van der Waals surface area contributed by atoms with Gasteiger partial charge in [0.1, 0.15) is 0 Å². The van der Waals surface area contributed by atoms with Crippen molar-refractivity contribution in [2.24, 2.45) is 0 Å². The number of hydrogen-bond acceptors (Lipinski definition) is 8. The molecule has 1 aliphatic rings. The molecule has 8 heteroatoms. The van der Waals surface area contributed by atoms with Crippen molar-refractivity contribution in [1.82, 2.24) is 19.9 Å². The summed E-state index contributed by atoms with van der Waals surface area (Å²) in [5.41, 5.74) is 8.62. The molecule has 2 aromatic heterocycles. The highest BCUT2D eigenvalue weighted by Crippen LogP contribution is 2.32. The van der Waals surface area contributed by atoms with Gasteiger partial charge in [-0.1, -0.05) is 0 Å². The molecule has 134 valence electrons. The molecule has 8 nitrogen and oxygen atoms in total. The van der Waals surface area contributed by atoms with Crippen LogP contribution in [0.15, 0.2) is 24.4 Å². The molecule has 3 aromatic rings. The molecule has 0 spiro atoms. The van der Waals surface area contributed by atoms with E-state index in [1.807, 2.05) is 18.2 Å². The molecule has 0 amide bonds. The fraction of sp³-hybridized carbons (Fsp3) is 0.333. The Kier molecular flexibility index (Phi) is 4.16. The Morgan fingerprint density at radius 3 is 2.50 bits per heavy atom. The minimum atomic E-state index is 0.207. The first-order chi connectivity index (χ1) is 12.7. The van der Waals surface area contributed by atoms with E-state index in [2.05, 4.69) is 24.8 Å². The molecule has 0 radical (unpaired) electrons. The van der Waals surface area contributed by atoms with Crippen LogP contribution < -0.4 is 20.1 Å². The summed E-state index contributed by atoms with van der Waals surface area (Å²) < 4.78 is 10.6. The highest BCUT2D eigenvalue weighted by Gasteiger charge is 2.20. The van der Waals surface area contributed by atoms with Gasteiger partial charge in [0.15, 0.2) is 28.5 Å². The summed E-state index contributed by atoms with van der Waals surface area (Å²) in [5.74, 6) is 2.26. The van der Waals surface area contributed by atoms with Crippen LogP contribution in [0.3, 0.4) is 0 Å². The normalized spacial score (nSPS) is 14.0. The lowest BCUT2D eigenvalue weighted by atomic mass is 10.1. The number of methoxy groups -OCH3 is 2. The summed E-state index contributed by atoms with van der Waals surface area (Å²) in [4.78, 5) is 20.1. The largest absolute Gasteiger partial charge is 0.493 e. The summed E-state index contributed by atoms with van der Waals surface area (Å²) in [6.07, 6.45) is 4.01. The van der Waals surface area contributed by atoms with E-state index in [-0.39, 0.29) is 5.95 Å². The molecule has 26 heavy (non-hydrogen) atoms. The average molecular weight is 352 g/mol. The average Bonchev–Trinajstić information content (AvgIpc) is 3.20. The van der Waals surface area contributed by atoms with Crippen LogP contribution in [0.1, 0.15) is 12.8 Å². The zero-order valence-electron chi connectivity index (χ0n) is 14.8. The Hall–Kier alpha value is -3.16. The van der Waals surface area contributed by atoms with E-state index in [1.165, 1.54) is 0 Å². The van der Waals surface area contributed by atoms with Crippen LogP contribution in [0.25, 0.3) is 22.4 Å². The highest BCUT2D eigenvalue weighted by molar-refractivity contribution is 5.85. The first-order valence-electron chi connectivity index (χ1n) is 8.47. The lowest BCUT2D eigenvalue weighted by Gasteiger charge is -2.17. The SMILES string of the molecule is COc1ccc(-c2cnc3c(N4CCCC4)nc(N)nc3n2)cc1OC. The summed E-state index contributed by atoms with van der Waals surface area (Å²) in [6.45, 7) is 1.90. The van der Waals surface area contributed by atoms with Crippen LogP contribution in [0.4, 0.5) is 11.8 Å². The molecule has 2 N–H and O–H groups in total. The maximum Gasteiger partial charge on any atom is 0.224 e. The van der Waals surface area contributed by atoms with E-state index in [0.29, 0.717) is 28.4 Å². The zero-order valence-corrected chi connectivity index (χ0v) is 14.8. The molecule has 0 saturated carbocycles. The maximum absolute atomic E-state index is 5.91. The van der Waals surface area contributed by atoms with Crippen molar-refractivity contribution in [2.45, 2.75) is 12.8 Å². The van der Waals surface area contributed by atoms with Crippen molar-refractivity contribution in [3.8, 4) is 22.8 Å². The molecular weight excluding hydrogens is 332 g/mol. The van der Waals surface area contributed by atoms with Gasteiger partial charge in [-0.3, -0.25) is 0 Å². The number of anilines is 2. The van der Waals surface area contributed by atoms with Gasteiger partial charge in [-0.05, 0) is 31.0 Å². The third kappa shape index (κ3) is 2.83. The molecule has 0 aliphatic carbocycles. The van der Waals surface area contributed by atoms with Crippen LogP contribution >= 0.6 is 0 Å². The third-order valence-corrected chi connectivity index (χ3v) is 4.49. The molecule has 3 heterocycles. The molecule has 0 unspecified atom stereocenters. The van der Waals surface area contributed by atoms with E-state index in [4.69, 9.17) is 15.2 Å². The Balaban J connectivity index is 1.81. The zero-order chi connectivity index (χ0) is 18.1. The maximum atomic E-state index is 5.91. The number of nitrogens with two attached hydrogens (primary N) is 1. The molecule has 1 aromatic carbocycles. The first kappa shape index (κ1) is 16.3. The predicted molar refractivity (Wildman–Crippen MR) is 99.5 cm³/mol. The van der Waals surface area contributed by atoms with Gasteiger partial charge in [-0.25, -0.2) is 9.97 Å². The number of ether oxygens (including phenoxy) is 2. The standard InChI is InChI=1S/C18H20N6O2/c1-25-13-6-5-11(9-14(13)26-2)12-10-20-15-16(21-12)22-18(19)23-17(15)24-7-3-4-8-24/h5-6,9-10H,3-4,7-8H2,1-2H3,(H2,19,21,22,23). The fourth-order valence-electron chi connectivity index (χ4n) is 3.19. The number of aromatic nitrogens is 4. The van der Waals surface area contributed by atoms with E-state index in [9.17, 15) is 0 Å². The van der Waals surface area contributed by atoms with E-state index in [1.54, 1.807) is 20.4 Å². The number of fused-ring (bicyclic) bond motifs is 1. The molecule has 1 fully saturated rings. The van der Waals surface area contributed by atoms with Crippen LogP contribution in [-0.4, -0.2) is 47.2 Å². The highest BCUT2D eigenvalue weighted by atomic mass is 16.5. The summed E-state index contributed by atoms with van der Waals surface area (Å²) >= 11 is 0. The lowest BCUT2D eigenvalue weighted by molar-refractivity contribution is 0.355. The third-order valence-electron chi connectivity index (χ3n) is 4.49. The number of nitrogens with zero attached hydrogens (tertiary/aromatic N) is 5. The molecule has 4 rings (SSSR count).